The number of ketones is 1. The smallest absolute Gasteiger partial charge is 0.410 e. The van der Waals surface area contributed by atoms with Gasteiger partial charge in [0.15, 0.2) is 5.78 Å². The third kappa shape index (κ3) is 5.57. The van der Waals surface area contributed by atoms with Crippen LogP contribution in [0.1, 0.15) is 25.3 Å². The molecule has 0 N–H and O–H groups in total. The van der Waals surface area contributed by atoms with Gasteiger partial charge in [-0.25, -0.2) is 4.79 Å². The molecule has 1 aromatic rings. The Morgan fingerprint density at radius 1 is 1.30 bits per heavy atom. The molecule has 0 radical (unpaired) electrons. The zero-order valence-corrected chi connectivity index (χ0v) is 11.7. The number of rotatable bonds is 7. The van der Waals surface area contributed by atoms with Crippen molar-refractivity contribution < 1.29 is 14.3 Å². The topological polar surface area (TPSA) is 46.6 Å². The van der Waals surface area contributed by atoms with Gasteiger partial charge in [0.1, 0.15) is 6.61 Å². The van der Waals surface area contributed by atoms with Gasteiger partial charge in [0.25, 0.3) is 0 Å². The Kier molecular flexibility index (Phi) is 6.91. The lowest BCUT2D eigenvalue weighted by atomic mass is 10.2. The monoisotopic (exact) mass is 273 g/mol. The maximum absolute atomic E-state index is 12.0. The molecule has 0 aliphatic rings. The molecule has 20 heavy (non-hydrogen) atoms. The van der Waals surface area contributed by atoms with E-state index in [-0.39, 0.29) is 18.9 Å². The second-order valence-corrected chi connectivity index (χ2v) is 4.31. The fourth-order valence-electron chi connectivity index (χ4n) is 1.57. The molecular formula is C16H19NO3. The summed E-state index contributed by atoms with van der Waals surface area (Å²) in [4.78, 5) is 24.8. The fourth-order valence-corrected chi connectivity index (χ4v) is 1.57. The van der Waals surface area contributed by atoms with Crippen LogP contribution in [-0.4, -0.2) is 29.9 Å². The summed E-state index contributed by atoms with van der Waals surface area (Å²) in [6.07, 6.45) is 5.47. The highest BCUT2D eigenvalue weighted by atomic mass is 16.6. The fraction of sp³-hybridized carbons (Fsp3) is 0.375. The Bertz CT molecular complexity index is 476. The Labute approximate surface area is 119 Å². The van der Waals surface area contributed by atoms with Gasteiger partial charge >= 0.3 is 6.09 Å². The van der Waals surface area contributed by atoms with Crippen LogP contribution in [-0.2, 0) is 16.1 Å². The van der Waals surface area contributed by atoms with Gasteiger partial charge in [0, 0.05) is 19.4 Å². The van der Waals surface area contributed by atoms with Crippen LogP contribution in [0.3, 0.4) is 0 Å². The molecule has 0 aliphatic carbocycles. The number of nitrogens with zero attached hydrogens (tertiary/aromatic N) is 1. The summed E-state index contributed by atoms with van der Waals surface area (Å²) < 4.78 is 5.20. The second kappa shape index (κ2) is 8.76. The van der Waals surface area contributed by atoms with Crippen molar-refractivity contribution in [3.05, 3.63) is 35.9 Å². The molecule has 0 fully saturated rings. The van der Waals surface area contributed by atoms with E-state index in [9.17, 15) is 9.59 Å². The van der Waals surface area contributed by atoms with Crippen LogP contribution in [0.5, 0.6) is 0 Å². The van der Waals surface area contributed by atoms with E-state index in [1.165, 1.54) is 4.90 Å². The molecule has 0 unspecified atom stereocenters. The number of hydrogen-bond acceptors (Lipinski definition) is 3. The minimum absolute atomic E-state index is 0.0151. The highest BCUT2D eigenvalue weighted by molar-refractivity contribution is 5.83. The lowest BCUT2D eigenvalue weighted by Gasteiger charge is -2.20. The van der Waals surface area contributed by atoms with E-state index < -0.39 is 6.09 Å². The van der Waals surface area contributed by atoms with Crippen LogP contribution in [0.15, 0.2) is 30.3 Å². The van der Waals surface area contributed by atoms with Crippen LogP contribution in [0.25, 0.3) is 0 Å². The molecule has 0 aromatic heterocycles. The van der Waals surface area contributed by atoms with Crippen molar-refractivity contribution in [3.8, 4) is 12.3 Å². The van der Waals surface area contributed by atoms with Crippen molar-refractivity contribution in [1.29, 1.82) is 0 Å². The number of Topliss-reactive ketones (excluding diaryl/α,β-unsaturated/α-hetero) is 1. The number of carbonyl (C=O) groups is 2. The lowest BCUT2D eigenvalue weighted by Crippen LogP contribution is -2.36. The minimum Gasteiger partial charge on any atom is -0.445 e. The predicted octanol–water partition coefficient (Wildman–Crippen LogP) is 2.63. The van der Waals surface area contributed by atoms with Crippen molar-refractivity contribution in [2.24, 2.45) is 0 Å². The molecule has 0 spiro atoms. The molecule has 0 saturated carbocycles. The largest absolute Gasteiger partial charge is 0.445 e. The molecule has 106 valence electrons. The standard InChI is InChI=1S/C16H19NO3/c1-3-5-11-17(12-15(18)4-2)16(19)20-13-14-9-7-6-8-10-14/h1,6-10H,4-5,11-13H2,2H3. The van der Waals surface area contributed by atoms with E-state index >= 15 is 0 Å². The quantitative estimate of drug-likeness (QED) is 0.717. The van der Waals surface area contributed by atoms with E-state index in [4.69, 9.17) is 11.2 Å². The SMILES string of the molecule is C#CCCN(CC(=O)CC)C(=O)OCc1ccccc1. The van der Waals surface area contributed by atoms with E-state index in [2.05, 4.69) is 5.92 Å². The van der Waals surface area contributed by atoms with E-state index in [0.717, 1.165) is 5.56 Å². The number of ether oxygens (including phenoxy) is 1. The molecule has 0 heterocycles. The maximum Gasteiger partial charge on any atom is 0.410 e. The Hall–Kier alpha value is -2.28. The molecule has 4 heteroatoms. The molecule has 1 amide bonds. The Morgan fingerprint density at radius 3 is 2.60 bits per heavy atom. The number of hydrogen-bond donors (Lipinski definition) is 0. The normalized spacial score (nSPS) is 9.60. The molecule has 4 nitrogen and oxygen atoms in total. The van der Waals surface area contributed by atoms with Crippen molar-refractivity contribution in [2.75, 3.05) is 13.1 Å². The predicted molar refractivity (Wildman–Crippen MR) is 76.9 cm³/mol. The highest BCUT2D eigenvalue weighted by Gasteiger charge is 2.17. The average Bonchev–Trinajstić information content (AvgIpc) is 2.49. The Morgan fingerprint density at radius 2 is 2.00 bits per heavy atom. The first-order valence-electron chi connectivity index (χ1n) is 6.58. The van der Waals surface area contributed by atoms with Crippen LogP contribution >= 0.6 is 0 Å². The van der Waals surface area contributed by atoms with E-state index in [1.807, 2.05) is 30.3 Å². The average molecular weight is 273 g/mol. The van der Waals surface area contributed by atoms with Gasteiger partial charge in [-0.3, -0.25) is 9.69 Å². The van der Waals surface area contributed by atoms with Crippen molar-refractivity contribution in [1.82, 2.24) is 4.90 Å². The van der Waals surface area contributed by atoms with Crippen LogP contribution < -0.4 is 0 Å². The van der Waals surface area contributed by atoms with Gasteiger partial charge in [-0.1, -0.05) is 37.3 Å². The van der Waals surface area contributed by atoms with E-state index in [1.54, 1.807) is 6.92 Å². The summed E-state index contributed by atoms with van der Waals surface area (Å²) in [6, 6.07) is 9.39. The summed E-state index contributed by atoms with van der Waals surface area (Å²) in [5.41, 5.74) is 0.902. The van der Waals surface area contributed by atoms with Gasteiger partial charge in [-0.15, -0.1) is 12.3 Å². The number of benzene rings is 1. The van der Waals surface area contributed by atoms with Gasteiger partial charge in [0.05, 0.1) is 6.54 Å². The molecule has 0 saturated heterocycles. The summed E-state index contributed by atoms with van der Waals surface area (Å²) in [7, 11) is 0. The number of terminal acetylenes is 1. The molecule has 1 aromatic carbocycles. The first-order valence-corrected chi connectivity index (χ1v) is 6.58. The third-order valence-corrected chi connectivity index (χ3v) is 2.75. The zero-order valence-electron chi connectivity index (χ0n) is 11.7. The van der Waals surface area contributed by atoms with Gasteiger partial charge in [-0.05, 0) is 5.56 Å². The highest BCUT2D eigenvalue weighted by Crippen LogP contribution is 2.04. The minimum atomic E-state index is -0.508. The molecule has 0 bridgehead atoms. The number of carbonyl (C=O) groups excluding carboxylic acids is 2. The Balaban J connectivity index is 2.54. The molecule has 1 rings (SSSR count). The molecular weight excluding hydrogens is 254 g/mol. The first-order chi connectivity index (χ1) is 9.67. The maximum atomic E-state index is 12.0. The number of amides is 1. The molecule has 0 aliphatic heterocycles. The first kappa shape index (κ1) is 15.8. The second-order valence-electron chi connectivity index (χ2n) is 4.31. The van der Waals surface area contributed by atoms with E-state index in [0.29, 0.717) is 19.4 Å². The summed E-state index contributed by atoms with van der Waals surface area (Å²) in [5, 5.41) is 0. The van der Waals surface area contributed by atoms with Crippen molar-refractivity contribution in [2.45, 2.75) is 26.4 Å². The summed E-state index contributed by atoms with van der Waals surface area (Å²) in [5.74, 6) is 2.44. The van der Waals surface area contributed by atoms with Gasteiger partial charge < -0.3 is 4.74 Å². The van der Waals surface area contributed by atoms with Crippen molar-refractivity contribution >= 4 is 11.9 Å². The molecule has 0 atom stereocenters. The van der Waals surface area contributed by atoms with Crippen LogP contribution in [0.2, 0.25) is 0 Å². The summed E-state index contributed by atoms with van der Waals surface area (Å²) >= 11 is 0. The zero-order chi connectivity index (χ0) is 14.8. The van der Waals surface area contributed by atoms with Gasteiger partial charge in [-0.2, -0.15) is 0 Å². The van der Waals surface area contributed by atoms with Crippen LogP contribution in [0.4, 0.5) is 4.79 Å². The van der Waals surface area contributed by atoms with Crippen LogP contribution in [0, 0.1) is 12.3 Å². The van der Waals surface area contributed by atoms with Crippen molar-refractivity contribution in [3.63, 3.8) is 0 Å². The van der Waals surface area contributed by atoms with Gasteiger partial charge in [0.2, 0.25) is 0 Å². The third-order valence-electron chi connectivity index (χ3n) is 2.75. The summed E-state index contributed by atoms with van der Waals surface area (Å²) in [6.45, 7) is 2.32. The lowest BCUT2D eigenvalue weighted by molar-refractivity contribution is -0.119.